The highest BCUT2D eigenvalue weighted by Gasteiger charge is 2.20. The van der Waals surface area contributed by atoms with Crippen LogP contribution in [0.3, 0.4) is 0 Å². The zero-order valence-corrected chi connectivity index (χ0v) is 11.3. The molecule has 0 aliphatic carbocycles. The van der Waals surface area contributed by atoms with Gasteiger partial charge in [-0.25, -0.2) is 9.67 Å². The van der Waals surface area contributed by atoms with E-state index in [1.807, 2.05) is 11.5 Å². The molecule has 1 saturated heterocycles. The quantitative estimate of drug-likeness (QED) is 0.794. The molecule has 1 fully saturated rings. The molecule has 0 unspecified atom stereocenters. The summed E-state index contributed by atoms with van der Waals surface area (Å²) in [5.74, 6) is 0.879. The van der Waals surface area contributed by atoms with Gasteiger partial charge < -0.3 is 14.8 Å². The highest BCUT2D eigenvalue weighted by molar-refractivity contribution is 5.77. The minimum absolute atomic E-state index is 0.0896. The summed E-state index contributed by atoms with van der Waals surface area (Å²) < 4.78 is 3.35. The lowest BCUT2D eigenvalue weighted by Gasteiger charge is -2.28. The Balaban J connectivity index is 2.19. The van der Waals surface area contributed by atoms with E-state index >= 15 is 0 Å². The first-order valence-corrected chi connectivity index (χ1v) is 6.60. The van der Waals surface area contributed by atoms with E-state index in [1.54, 1.807) is 13.2 Å². The summed E-state index contributed by atoms with van der Waals surface area (Å²) in [6.45, 7) is 6.49. The largest absolute Gasteiger partial charge is 0.340 e. The standard InChI is InChI=1S/C12H18N6O/c1-3-18-10-9(8-14-16(2)11(10)19)15-12(18)17-6-4-13-5-7-17/h8,13H,3-7H2,1-2H3. The van der Waals surface area contributed by atoms with Crippen LogP contribution in [-0.4, -0.2) is 45.5 Å². The lowest BCUT2D eigenvalue weighted by Crippen LogP contribution is -2.44. The number of nitrogens with one attached hydrogen (secondary N) is 1. The maximum Gasteiger partial charge on any atom is 0.292 e. The van der Waals surface area contributed by atoms with Gasteiger partial charge >= 0.3 is 0 Å². The van der Waals surface area contributed by atoms with Crippen molar-refractivity contribution in [2.24, 2.45) is 7.05 Å². The summed E-state index contributed by atoms with van der Waals surface area (Å²) >= 11 is 0. The average molecular weight is 262 g/mol. The van der Waals surface area contributed by atoms with Crippen molar-refractivity contribution in [3.05, 3.63) is 16.6 Å². The Kier molecular flexibility index (Phi) is 2.98. The highest BCUT2D eigenvalue weighted by atomic mass is 16.1. The van der Waals surface area contributed by atoms with Gasteiger partial charge in [-0.1, -0.05) is 0 Å². The SMILES string of the molecule is CCn1c(N2CCNCC2)nc2cnn(C)c(=O)c21. The van der Waals surface area contributed by atoms with Gasteiger partial charge in [0.1, 0.15) is 11.0 Å². The second-order valence-corrected chi connectivity index (χ2v) is 4.70. The molecule has 0 saturated carbocycles. The van der Waals surface area contributed by atoms with Crippen LogP contribution in [0.4, 0.5) is 5.95 Å². The third kappa shape index (κ3) is 1.90. The van der Waals surface area contributed by atoms with Crippen LogP contribution >= 0.6 is 0 Å². The monoisotopic (exact) mass is 262 g/mol. The molecular weight excluding hydrogens is 244 g/mol. The van der Waals surface area contributed by atoms with Crippen LogP contribution in [0.15, 0.2) is 11.0 Å². The van der Waals surface area contributed by atoms with Crippen LogP contribution in [-0.2, 0) is 13.6 Å². The van der Waals surface area contributed by atoms with Crippen LogP contribution in [0.2, 0.25) is 0 Å². The fourth-order valence-corrected chi connectivity index (χ4v) is 2.53. The number of fused-ring (bicyclic) bond motifs is 1. The second kappa shape index (κ2) is 4.65. The van der Waals surface area contributed by atoms with Crippen LogP contribution in [0.25, 0.3) is 11.0 Å². The van der Waals surface area contributed by atoms with Gasteiger partial charge in [0.25, 0.3) is 5.56 Å². The summed E-state index contributed by atoms with van der Waals surface area (Å²) in [5, 5.41) is 7.36. The number of imidazole rings is 1. The fourth-order valence-electron chi connectivity index (χ4n) is 2.53. The molecule has 102 valence electrons. The number of hydrogen-bond acceptors (Lipinski definition) is 5. The molecule has 7 nitrogen and oxygen atoms in total. The van der Waals surface area contributed by atoms with E-state index in [1.165, 1.54) is 4.68 Å². The van der Waals surface area contributed by atoms with Gasteiger partial charge in [0.05, 0.1) is 6.20 Å². The molecule has 0 bridgehead atoms. The molecule has 1 N–H and O–H groups in total. The van der Waals surface area contributed by atoms with Gasteiger partial charge in [0.2, 0.25) is 5.95 Å². The van der Waals surface area contributed by atoms with Gasteiger partial charge in [0, 0.05) is 39.8 Å². The topological polar surface area (TPSA) is 68.0 Å². The van der Waals surface area contributed by atoms with E-state index in [4.69, 9.17) is 0 Å². The smallest absolute Gasteiger partial charge is 0.292 e. The third-order valence-corrected chi connectivity index (χ3v) is 3.54. The Morgan fingerprint density at radius 2 is 2.11 bits per heavy atom. The number of anilines is 1. The Morgan fingerprint density at radius 1 is 1.37 bits per heavy atom. The van der Waals surface area contributed by atoms with Crippen LogP contribution in [0.5, 0.6) is 0 Å². The second-order valence-electron chi connectivity index (χ2n) is 4.70. The normalized spacial score (nSPS) is 16.2. The van der Waals surface area contributed by atoms with E-state index in [-0.39, 0.29) is 5.56 Å². The molecule has 3 rings (SSSR count). The van der Waals surface area contributed by atoms with E-state index in [9.17, 15) is 4.79 Å². The molecule has 3 heterocycles. The molecule has 0 atom stereocenters. The third-order valence-electron chi connectivity index (χ3n) is 3.54. The van der Waals surface area contributed by atoms with Gasteiger partial charge in [-0.15, -0.1) is 0 Å². The number of rotatable bonds is 2. The molecule has 1 aliphatic heterocycles. The molecule has 0 aromatic carbocycles. The van der Waals surface area contributed by atoms with E-state index in [2.05, 4.69) is 20.3 Å². The molecule has 7 heteroatoms. The van der Waals surface area contributed by atoms with Crippen molar-refractivity contribution in [1.29, 1.82) is 0 Å². The number of nitrogens with zero attached hydrogens (tertiary/aromatic N) is 5. The average Bonchev–Trinajstić information content (AvgIpc) is 2.83. The van der Waals surface area contributed by atoms with Crippen molar-refractivity contribution in [3.8, 4) is 0 Å². The molecule has 0 radical (unpaired) electrons. The maximum atomic E-state index is 12.2. The molecule has 19 heavy (non-hydrogen) atoms. The first-order chi connectivity index (χ1) is 9.22. The zero-order chi connectivity index (χ0) is 13.4. The van der Waals surface area contributed by atoms with Gasteiger partial charge in [-0.2, -0.15) is 5.10 Å². The predicted molar refractivity (Wildman–Crippen MR) is 73.5 cm³/mol. The Hall–Kier alpha value is -1.89. The Bertz CT molecular complexity index is 652. The summed E-state index contributed by atoms with van der Waals surface area (Å²) in [6.07, 6.45) is 1.66. The number of aromatic nitrogens is 4. The van der Waals surface area contributed by atoms with Crippen LogP contribution < -0.4 is 15.8 Å². The first kappa shape index (κ1) is 12.2. The summed E-state index contributed by atoms with van der Waals surface area (Å²) in [4.78, 5) is 19.0. The van der Waals surface area contributed by atoms with E-state index in [0.717, 1.165) is 38.7 Å². The van der Waals surface area contributed by atoms with Crippen molar-refractivity contribution in [3.63, 3.8) is 0 Å². The summed E-state index contributed by atoms with van der Waals surface area (Å²) in [6, 6.07) is 0. The summed E-state index contributed by atoms with van der Waals surface area (Å²) in [7, 11) is 1.67. The molecular formula is C12H18N6O. The molecule has 0 amide bonds. The van der Waals surface area contributed by atoms with Gasteiger partial charge in [-0.3, -0.25) is 4.79 Å². The van der Waals surface area contributed by atoms with E-state index < -0.39 is 0 Å². The van der Waals surface area contributed by atoms with Crippen molar-refractivity contribution < 1.29 is 0 Å². The number of piperazine rings is 1. The molecule has 2 aromatic rings. The zero-order valence-electron chi connectivity index (χ0n) is 11.3. The lowest BCUT2D eigenvalue weighted by atomic mass is 10.4. The maximum absolute atomic E-state index is 12.2. The molecule has 0 spiro atoms. The van der Waals surface area contributed by atoms with Crippen molar-refractivity contribution in [2.75, 3.05) is 31.1 Å². The minimum Gasteiger partial charge on any atom is -0.340 e. The van der Waals surface area contributed by atoms with Crippen LogP contribution in [0, 0.1) is 0 Å². The highest BCUT2D eigenvalue weighted by Crippen LogP contribution is 2.19. The minimum atomic E-state index is -0.0896. The van der Waals surface area contributed by atoms with Crippen molar-refractivity contribution >= 4 is 17.0 Å². The van der Waals surface area contributed by atoms with Gasteiger partial charge in [0.15, 0.2) is 0 Å². The van der Waals surface area contributed by atoms with Crippen LogP contribution in [0.1, 0.15) is 6.92 Å². The lowest BCUT2D eigenvalue weighted by molar-refractivity contribution is 0.569. The first-order valence-electron chi connectivity index (χ1n) is 6.60. The number of aryl methyl sites for hydroxylation is 2. The van der Waals surface area contributed by atoms with Crippen molar-refractivity contribution in [2.45, 2.75) is 13.5 Å². The Morgan fingerprint density at radius 3 is 2.79 bits per heavy atom. The fraction of sp³-hybridized carbons (Fsp3) is 0.583. The van der Waals surface area contributed by atoms with Gasteiger partial charge in [-0.05, 0) is 6.92 Å². The van der Waals surface area contributed by atoms with E-state index in [0.29, 0.717) is 11.0 Å². The predicted octanol–water partition coefficient (Wildman–Crippen LogP) is -0.440. The number of hydrogen-bond donors (Lipinski definition) is 1. The van der Waals surface area contributed by atoms with Crippen molar-refractivity contribution in [1.82, 2.24) is 24.6 Å². The Labute approximate surface area is 110 Å². The molecule has 2 aromatic heterocycles. The summed E-state index contributed by atoms with van der Waals surface area (Å²) in [5.41, 5.74) is 1.24. The molecule has 1 aliphatic rings.